The van der Waals surface area contributed by atoms with Crippen LogP contribution in [0.4, 0.5) is 0 Å². The lowest BCUT2D eigenvalue weighted by Crippen LogP contribution is -2.41. The summed E-state index contributed by atoms with van der Waals surface area (Å²) in [6.45, 7) is 6.35. The van der Waals surface area contributed by atoms with E-state index in [0.717, 1.165) is 60.5 Å². The van der Waals surface area contributed by atoms with Crippen LogP contribution in [0.2, 0.25) is 0 Å². The highest BCUT2D eigenvalue weighted by atomic mass is 16.2. The first kappa shape index (κ1) is 16.8. The van der Waals surface area contributed by atoms with E-state index in [1.807, 2.05) is 44.4 Å². The number of imidazole rings is 1. The van der Waals surface area contributed by atoms with Gasteiger partial charge >= 0.3 is 0 Å². The van der Waals surface area contributed by atoms with Crippen LogP contribution in [-0.2, 0) is 13.6 Å². The average molecular weight is 352 g/mol. The third kappa shape index (κ3) is 2.98. The van der Waals surface area contributed by atoms with Gasteiger partial charge in [0.2, 0.25) is 0 Å². The summed E-state index contributed by atoms with van der Waals surface area (Å²) in [4.78, 5) is 24.0. The predicted octanol–water partition coefficient (Wildman–Crippen LogP) is 2.33. The minimum absolute atomic E-state index is 0.0898. The van der Waals surface area contributed by atoms with Gasteiger partial charge in [-0.25, -0.2) is 9.97 Å². The van der Waals surface area contributed by atoms with E-state index < -0.39 is 0 Å². The third-order valence-electron chi connectivity index (χ3n) is 5.16. The molecule has 0 saturated carbocycles. The molecule has 1 fully saturated rings. The predicted molar refractivity (Wildman–Crippen MR) is 98.8 cm³/mol. The molecule has 1 saturated heterocycles. The Morgan fingerprint density at radius 3 is 2.96 bits per heavy atom. The van der Waals surface area contributed by atoms with E-state index in [2.05, 4.69) is 19.6 Å². The van der Waals surface area contributed by atoms with E-state index in [4.69, 9.17) is 0 Å². The highest BCUT2D eigenvalue weighted by molar-refractivity contribution is 6.06. The van der Waals surface area contributed by atoms with Gasteiger partial charge in [0.25, 0.3) is 5.91 Å². The summed E-state index contributed by atoms with van der Waals surface area (Å²) in [5, 5.41) is 5.33. The minimum Gasteiger partial charge on any atom is -0.338 e. The number of nitrogens with zero attached hydrogens (tertiary/aromatic N) is 6. The molecule has 1 amide bonds. The number of rotatable bonds is 3. The van der Waals surface area contributed by atoms with Crippen LogP contribution in [0.1, 0.15) is 34.6 Å². The second kappa shape index (κ2) is 6.55. The van der Waals surface area contributed by atoms with Gasteiger partial charge in [0.15, 0.2) is 5.65 Å². The highest BCUT2D eigenvalue weighted by Gasteiger charge is 2.27. The maximum absolute atomic E-state index is 13.3. The van der Waals surface area contributed by atoms with Crippen LogP contribution in [0.25, 0.3) is 11.0 Å². The SMILES string of the molecule is Cc1cc(C(=O)N2CCC[C@@H](Cn3ccnc3)C2)c2c(C)nn(C)c2n1. The van der Waals surface area contributed by atoms with Crippen LogP contribution in [0.5, 0.6) is 0 Å². The zero-order chi connectivity index (χ0) is 18.3. The average Bonchev–Trinajstić information content (AvgIpc) is 3.22. The molecule has 136 valence electrons. The number of aryl methyl sites for hydroxylation is 3. The fraction of sp³-hybridized carbons (Fsp3) is 0.474. The van der Waals surface area contributed by atoms with Crippen LogP contribution in [0.3, 0.4) is 0 Å². The van der Waals surface area contributed by atoms with Gasteiger partial charge in [-0.15, -0.1) is 0 Å². The Morgan fingerprint density at radius 2 is 2.19 bits per heavy atom. The van der Waals surface area contributed by atoms with E-state index in [1.54, 1.807) is 10.9 Å². The van der Waals surface area contributed by atoms with Crippen LogP contribution < -0.4 is 0 Å². The van der Waals surface area contributed by atoms with Crippen LogP contribution in [0.15, 0.2) is 24.8 Å². The van der Waals surface area contributed by atoms with Gasteiger partial charge in [0.05, 0.1) is 23.0 Å². The fourth-order valence-electron chi connectivity index (χ4n) is 4.00. The van der Waals surface area contributed by atoms with E-state index in [9.17, 15) is 4.79 Å². The van der Waals surface area contributed by atoms with Crippen molar-refractivity contribution in [3.63, 3.8) is 0 Å². The molecule has 7 nitrogen and oxygen atoms in total. The lowest BCUT2D eigenvalue weighted by molar-refractivity contribution is 0.0664. The van der Waals surface area contributed by atoms with Crippen molar-refractivity contribution in [3.8, 4) is 0 Å². The zero-order valence-electron chi connectivity index (χ0n) is 15.5. The number of hydrogen-bond acceptors (Lipinski definition) is 4. The van der Waals surface area contributed by atoms with Gasteiger partial charge in [-0.05, 0) is 38.7 Å². The molecule has 4 heterocycles. The molecular weight excluding hydrogens is 328 g/mol. The van der Waals surface area contributed by atoms with Crippen molar-refractivity contribution in [1.82, 2.24) is 29.2 Å². The van der Waals surface area contributed by atoms with E-state index in [0.29, 0.717) is 5.92 Å². The molecule has 0 spiro atoms. The molecule has 0 unspecified atom stereocenters. The first-order chi connectivity index (χ1) is 12.5. The van der Waals surface area contributed by atoms with Gasteiger partial charge in [0, 0.05) is 44.8 Å². The molecule has 3 aromatic heterocycles. The molecule has 4 rings (SSSR count). The van der Waals surface area contributed by atoms with E-state index >= 15 is 0 Å². The van der Waals surface area contributed by atoms with Crippen molar-refractivity contribution in [2.24, 2.45) is 13.0 Å². The molecule has 1 atom stereocenters. The highest BCUT2D eigenvalue weighted by Crippen LogP contribution is 2.26. The molecule has 1 aliphatic heterocycles. The van der Waals surface area contributed by atoms with Gasteiger partial charge in [0.1, 0.15) is 0 Å². The third-order valence-corrected chi connectivity index (χ3v) is 5.16. The number of carbonyl (C=O) groups is 1. The van der Waals surface area contributed by atoms with E-state index in [-0.39, 0.29) is 5.91 Å². The summed E-state index contributed by atoms with van der Waals surface area (Å²) >= 11 is 0. The Balaban J connectivity index is 1.62. The number of aromatic nitrogens is 5. The van der Waals surface area contributed by atoms with Crippen molar-refractivity contribution in [3.05, 3.63) is 41.7 Å². The second-order valence-electron chi connectivity index (χ2n) is 7.24. The first-order valence-electron chi connectivity index (χ1n) is 9.09. The number of piperidine rings is 1. The number of amides is 1. The Labute approximate surface area is 152 Å². The lowest BCUT2D eigenvalue weighted by Gasteiger charge is -2.33. The second-order valence-corrected chi connectivity index (χ2v) is 7.24. The molecule has 0 aliphatic carbocycles. The van der Waals surface area contributed by atoms with Crippen LogP contribution >= 0.6 is 0 Å². The van der Waals surface area contributed by atoms with Gasteiger partial charge in [-0.1, -0.05) is 0 Å². The zero-order valence-corrected chi connectivity index (χ0v) is 15.5. The lowest BCUT2D eigenvalue weighted by atomic mass is 9.96. The molecule has 1 aliphatic rings. The summed E-state index contributed by atoms with van der Waals surface area (Å²) in [5.41, 5.74) is 3.19. The Bertz CT molecular complexity index is 943. The molecule has 26 heavy (non-hydrogen) atoms. The largest absolute Gasteiger partial charge is 0.338 e. The van der Waals surface area contributed by atoms with Gasteiger partial charge in [-0.3, -0.25) is 9.48 Å². The summed E-state index contributed by atoms with van der Waals surface area (Å²) in [6, 6.07) is 1.90. The number of pyridine rings is 1. The first-order valence-corrected chi connectivity index (χ1v) is 9.09. The van der Waals surface area contributed by atoms with Crippen molar-refractivity contribution in [2.45, 2.75) is 33.2 Å². The smallest absolute Gasteiger partial charge is 0.254 e. The number of likely N-dealkylation sites (tertiary alicyclic amines) is 1. The number of carbonyl (C=O) groups excluding carboxylic acids is 1. The fourth-order valence-corrected chi connectivity index (χ4v) is 4.00. The summed E-state index contributed by atoms with van der Waals surface area (Å²) < 4.78 is 3.85. The summed E-state index contributed by atoms with van der Waals surface area (Å²) in [5.74, 6) is 0.544. The topological polar surface area (TPSA) is 68.8 Å². The van der Waals surface area contributed by atoms with E-state index in [1.165, 1.54) is 0 Å². The molecule has 7 heteroatoms. The Morgan fingerprint density at radius 1 is 1.35 bits per heavy atom. The van der Waals surface area contributed by atoms with Crippen molar-refractivity contribution in [2.75, 3.05) is 13.1 Å². The van der Waals surface area contributed by atoms with Crippen molar-refractivity contribution in [1.29, 1.82) is 0 Å². The summed E-state index contributed by atoms with van der Waals surface area (Å²) in [6.07, 6.45) is 7.79. The Kier molecular flexibility index (Phi) is 4.22. The maximum atomic E-state index is 13.3. The van der Waals surface area contributed by atoms with Gasteiger partial charge in [-0.2, -0.15) is 5.10 Å². The van der Waals surface area contributed by atoms with Crippen molar-refractivity contribution >= 4 is 16.9 Å². The normalized spacial score (nSPS) is 17.8. The van der Waals surface area contributed by atoms with Gasteiger partial charge < -0.3 is 9.47 Å². The monoisotopic (exact) mass is 352 g/mol. The minimum atomic E-state index is 0.0898. The van der Waals surface area contributed by atoms with Crippen LogP contribution in [0, 0.1) is 19.8 Å². The standard InChI is InChI=1S/C19H24N6O/c1-13-9-16(17-14(2)22-23(3)18(17)21-13)19(26)25-7-4-5-15(11-25)10-24-8-6-20-12-24/h6,8-9,12,15H,4-5,7,10-11H2,1-3H3/t15-/m0/s1. The summed E-state index contributed by atoms with van der Waals surface area (Å²) in [7, 11) is 1.87. The molecule has 3 aromatic rings. The maximum Gasteiger partial charge on any atom is 0.254 e. The Hall–Kier alpha value is -2.70. The molecular formula is C19H24N6O. The van der Waals surface area contributed by atoms with Crippen LogP contribution in [-0.4, -0.2) is 48.2 Å². The number of hydrogen-bond donors (Lipinski definition) is 0. The quantitative estimate of drug-likeness (QED) is 0.725. The van der Waals surface area contributed by atoms with Crippen molar-refractivity contribution < 1.29 is 4.79 Å². The molecule has 0 bridgehead atoms. The number of fused-ring (bicyclic) bond motifs is 1. The molecule has 0 N–H and O–H groups in total. The molecule has 0 aromatic carbocycles. The molecule has 0 radical (unpaired) electrons.